The Labute approximate surface area is 122 Å². The van der Waals surface area contributed by atoms with Gasteiger partial charge in [-0.1, -0.05) is 58.3 Å². The molecule has 0 aromatic carbocycles. The van der Waals surface area contributed by atoms with Crippen LogP contribution in [0.3, 0.4) is 0 Å². The molecule has 0 bridgehead atoms. The van der Waals surface area contributed by atoms with Crippen molar-refractivity contribution in [2.24, 2.45) is 5.84 Å². The van der Waals surface area contributed by atoms with Crippen LogP contribution in [0.2, 0.25) is 0 Å². The molecule has 4 heteroatoms. The molecule has 1 aromatic heterocycles. The van der Waals surface area contributed by atoms with Crippen LogP contribution in [0.25, 0.3) is 0 Å². The second-order valence-corrected chi connectivity index (χ2v) is 5.38. The van der Waals surface area contributed by atoms with Gasteiger partial charge in [0.2, 0.25) is 0 Å². The molecule has 0 fully saturated rings. The van der Waals surface area contributed by atoms with Crippen LogP contribution in [0.15, 0.2) is 18.5 Å². The molecular weight excluding hydrogens is 253 g/mol. The lowest BCUT2D eigenvalue weighted by atomic mass is 10.0. The van der Waals surface area contributed by atoms with Crippen molar-refractivity contribution in [3.05, 3.63) is 29.8 Å². The lowest BCUT2D eigenvalue weighted by molar-refractivity contribution is 0.455. The quantitative estimate of drug-likeness (QED) is 0.362. The maximum atomic E-state index is 13.6. The zero-order valence-corrected chi connectivity index (χ0v) is 12.6. The van der Waals surface area contributed by atoms with E-state index in [2.05, 4.69) is 17.3 Å². The fourth-order valence-electron chi connectivity index (χ4n) is 2.48. The van der Waals surface area contributed by atoms with Crippen molar-refractivity contribution in [1.29, 1.82) is 0 Å². The summed E-state index contributed by atoms with van der Waals surface area (Å²) in [5.41, 5.74) is 3.33. The number of unbranched alkanes of at least 4 members (excludes halogenated alkanes) is 7. The highest BCUT2D eigenvalue weighted by Gasteiger charge is 2.13. The molecule has 114 valence electrons. The molecule has 0 aliphatic carbocycles. The molecule has 0 saturated carbocycles. The summed E-state index contributed by atoms with van der Waals surface area (Å²) in [7, 11) is 0. The second kappa shape index (κ2) is 10.7. The minimum atomic E-state index is -0.282. The molecule has 0 saturated heterocycles. The Bertz CT molecular complexity index is 357. The van der Waals surface area contributed by atoms with Crippen molar-refractivity contribution in [2.75, 3.05) is 0 Å². The maximum Gasteiger partial charge on any atom is 0.146 e. The number of nitrogens with one attached hydrogen (secondary N) is 1. The Morgan fingerprint density at radius 2 is 1.80 bits per heavy atom. The molecule has 20 heavy (non-hydrogen) atoms. The van der Waals surface area contributed by atoms with Crippen molar-refractivity contribution in [3.8, 4) is 0 Å². The molecule has 0 amide bonds. The molecule has 1 heterocycles. The van der Waals surface area contributed by atoms with Crippen LogP contribution in [-0.4, -0.2) is 4.98 Å². The number of aromatic nitrogens is 1. The molecule has 3 nitrogen and oxygen atoms in total. The topological polar surface area (TPSA) is 50.9 Å². The van der Waals surface area contributed by atoms with Crippen molar-refractivity contribution in [1.82, 2.24) is 10.4 Å². The van der Waals surface area contributed by atoms with E-state index in [1.807, 2.05) is 0 Å². The SMILES string of the molecule is CCCCCCCCCCC(NN)c1ccncc1F. The summed E-state index contributed by atoms with van der Waals surface area (Å²) in [6, 6.07) is 1.59. The van der Waals surface area contributed by atoms with E-state index in [1.165, 1.54) is 51.1 Å². The number of rotatable bonds is 11. The van der Waals surface area contributed by atoms with Gasteiger partial charge in [0.15, 0.2) is 0 Å². The summed E-state index contributed by atoms with van der Waals surface area (Å²) in [5, 5.41) is 0. The number of pyridine rings is 1. The van der Waals surface area contributed by atoms with E-state index in [-0.39, 0.29) is 11.9 Å². The van der Waals surface area contributed by atoms with Crippen molar-refractivity contribution >= 4 is 0 Å². The van der Waals surface area contributed by atoms with Gasteiger partial charge in [-0.15, -0.1) is 0 Å². The Hall–Kier alpha value is -1.00. The van der Waals surface area contributed by atoms with Gasteiger partial charge in [-0.3, -0.25) is 16.3 Å². The Morgan fingerprint density at radius 3 is 2.40 bits per heavy atom. The minimum Gasteiger partial charge on any atom is -0.271 e. The molecule has 0 aliphatic heterocycles. The normalized spacial score (nSPS) is 12.6. The van der Waals surface area contributed by atoms with E-state index < -0.39 is 0 Å². The standard InChI is InChI=1S/C16H28FN3/c1-2-3-4-5-6-7-8-9-10-16(20-18)14-11-12-19-13-15(14)17/h11-13,16,20H,2-10,18H2,1H3. The number of halogens is 1. The Morgan fingerprint density at radius 1 is 1.15 bits per heavy atom. The number of nitrogens with two attached hydrogens (primary N) is 1. The average molecular weight is 281 g/mol. The Kier molecular flexibility index (Phi) is 9.16. The van der Waals surface area contributed by atoms with Gasteiger partial charge >= 0.3 is 0 Å². The van der Waals surface area contributed by atoms with Gasteiger partial charge in [-0.25, -0.2) is 4.39 Å². The first-order valence-corrected chi connectivity index (χ1v) is 7.85. The number of hydrogen-bond donors (Lipinski definition) is 2. The summed E-state index contributed by atoms with van der Waals surface area (Å²) in [6.45, 7) is 2.23. The van der Waals surface area contributed by atoms with Crippen molar-refractivity contribution < 1.29 is 4.39 Å². The van der Waals surface area contributed by atoms with E-state index in [0.29, 0.717) is 5.56 Å². The van der Waals surface area contributed by atoms with Gasteiger partial charge in [0.1, 0.15) is 5.82 Å². The van der Waals surface area contributed by atoms with Gasteiger partial charge < -0.3 is 0 Å². The van der Waals surface area contributed by atoms with Crippen LogP contribution in [0.4, 0.5) is 4.39 Å². The third kappa shape index (κ3) is 6.44. The summed E-state index contributed by atoms with van der Waals surface area (Å²) < 4.78 is 13.6. The summed E-state index contributed by atoms with van der Waals surface area (Å²) >= 11 is 0. The average Bonchev–Trinajstić information content (AvgIpc) is 2.47. The molecule has 0 radical (unpaired) electrons. The van der Waals surface area contributed by atoms with Crippen LogP contribution < -0.4 is 11.3 Å². The highest BCUT2D eigenvalue weighted by Crippen LogP contribution is 2.21. The molecule has 0 aliphatic rings. The highest BCUT2D eigenvalue weighted by molar-refractivity contribution is 5.16. The first-order valence-electron chi connectivity index (χ1n) is 7.85. The number of hydrogen-bond acceptors (Lipinski definition) is 3. The summed E-state index contributed by atoms with van der Waals surface area (Å²) in [6.07, 6.45) is 13.9. The summed E-state index contributed by atoms with van der Waals surface area (Å²) in [5.74, 6) is 5.25. The van der Waals surface area contributed by atoms with Crippen molar-refractivity contribution in [2.45, 2.75) is 70.8 Å². The van der Waals surface area contributed by atoms with E-state index in [9.17, 15) is 4.39 Å². The van der Waals surface area contributed by atoms with E-state index in [1.54, 1.807) is 12.3 Å². The molecule has 3 N–H and O–H groups in total. The zero-order chi connectivity index (χ0) is 14.6. The fourth-order valence-corrected chi connectivity index (χ4v) is 2.48. The van der Waals surface area contributed by atoms with Gasteiger partial charge in [0, 0.05) is 17.8 Å². The Balaban J connectivity index is 2.18. The monoisotopic (exact) mass is 281 g/mol. The third-order valence-electron chi connectivity index (χ3n) is 3.73. The smallest absolute Gasteiger partial charge is 0.146 e. The van der Waals surface area contributed by atoms with Gasteiger partial charge in [0.25, 0.3) is 0 Å². The number of nitrogens with zero attached hydrogens (tertiary/aromatic N) is 1. The largest absolute Gasteiger partial charge is 0.271 e. The zero-order valence-electron chi connectivity index (χ0n) is 12.6. The van der Waals surface area contributed by atoms with Gasteiger partial charge in [-0.2, -0.15) is 0 Å². The van der Waals surface area contributed by atoms with Crippen LogP contribution in [0.1, 0.15) is 76.3 Å². The predicted molar refractivity (Wildman–Crippen MR) is 81.5 cm³/mol. The predicted octanol–water partition coefficient (Wildman–Crippen LogP) is 4.26. The van der Waals surface area contributed by atoms with Crippen LogP contribution in [0, 0.1) is 5.82 Å². The molecule has 0 spiro atoms. The van der Waals surface area contributed by atoms with Crippen LogP contribution in [-0.2, 0) is 0 Å². The molecule has 1 atom stereocenters. The molecule has 1 rings (SSSR count). The fraction of sp³-hybridized carbons (Fsp3) is 0.688. The van der Waals surface area contributed by atoms with Gasteiger partial charge in [0.05, 0.1) is 6.20 Å². The molecule has 1 unspecified atom stereocenters. The summed E-state index contributed by atoms with van der Waals surface area (Å²) in [4.78, 5) is 3.76. The third-order valence-corrected chi connectivity index (χ3v) is 3.73. The van der Waals surface area contributed by atoms with Gasteiger partial charge in [-0.05, 0) is 12.5 Å². The second-order valence-electron chi connectivity index (χ2n) is 5.38. The van der Waals surface area contributed by atoms with E-state index in [0.717, 1.165) is 12.8 Å². The molecular formula is C16H28FN3. The van der Waals surface area contributed by atoms with Crippen LogP contribution >= 0.6 is 0 Å². The maximum absolute atomic E-state index is 13.6. The number of hydrazine groups is 1. The molecule has 1 aromatic rings. The minimum absolute atomic E-state index is 0.113. The highest BCUT2D eigenvalue weighted by atomic mass is 19.1. The van der Waals surface area contributed by atoms with E-state index >= 15 is 0 Å². The van der Waals surface area contributed by atoms with Crippen LogP contribution in [0.5, 0.6) is 0 Å². The first-order chi connectivity index (χ1) is 9.79. The van der Waals surface area contributed by atoms with Crippen molar-refractivity contribution in [3.63, 3.8) is 0 Å². The first kappa shape index (κ1) is 17.1. The lowest BCUT2D eigenvalue weighted by Gasteiger charge is -2.16. The lowest BCUT2D eigenvalue weighted by Crippen LogP contribution is -2.28. The van der Waals surface area contributed by atoms with E-state index in [4.69, 9.17) is 5.84 Å².